The predicted molar refractivity (Wildman–Crippen MR) is 73.7 cm³/mol. The molecule has 1 unspecified atom stereocenters. The number of hydrogen-bond donors (Lipinski definition) is 1. The van der Waals surface area contributed by atoms with E-state index in [-0.39, 0.29) is 0 Å². The van der Waals surface area contributed by atoms with Crippen LogP contribution in [0.5, 0.6) is 0 Å². The summed E-state index contributed by atoms with van der Waals surface area (Å²) < 4.78 is 0. The lowest BCUT2D eigenvalue weighted by molar-refractivity contribution is 0.460. The van der Waals surface area contributed by atoms with E-state index in [9.17, 15) is 0 Å². The van der Waals surface area contributed by atoms with Gasteiger partial charge in [-0.3, -0.25) is 0 Å². The summed E-state index contributed by atoms with van der Waals surface area (Å²) in [5, 5.41) is 2.10. The van der Waals surface area contributed by atoms with Crippen LogP contribution in [-0.4, -0.2) is 16.5 Å². The van der Waals surface area contributed by atoms with Crippen LogP contribution in [0, 0.1) is 5.92 Å². The van der Waals surface area contributed by atoms with Gasteiger partial charge in [0.25, 0.3) is 0 Å². The molecule has 0 amide bonds. The SMILES string of the molecule is NCC1CCc2nc(Cc3cccs3)ncc2C1. The Bertz CT molecular complexity index is 522. The van der Waals surface area contributed by atoms with E-state index in [1.807, 2.05) is 6.20 Å². The second-order valence-electron chi connectivity index (χ2n) is 4.86. The lowest BCUT2D eigenvalue weighted by Crippen LogP contribution is -2.23. The number of thiophene rings is 1. The molecule has 2 aromatic rings. The Kier molecular flexibility index (Phi) is 3.39. The van der Waals surface area contributed by atoms with Gasteiger partial charge in [0.2, 0.25) is 0 Å². The van der Waals surface area contributed by atoms with Crippen molar-refractivity contribution in [2.75, 3.05) is 6.54 Å². The number of rotatable bonds is 3. The Morgan fingerprint density at radius 3 is 3.17 bits per heavy atom. The zero-order chi connectivity index (χ0) is 12.4. The molecular weight excluding hydrogens is 242 g/mol. The monoisotopic (exact) mass is 259 g/mol. The van der Waals surface area contributed by atoms with Crippen molar-refractivity contribution in [3.05, 3.63) is 45.7 Å². The molecular formula is C14H17N3S. The van der Waals surface area contributed by atoms with Gasteiger partial charge in [0, 0.05) is 23.2 Å². The maximum absolute atomic E-state index is 5.74. The largest absolute Gasteiger partial charge is 0.330 e. The van der Waals surface area contributed by atoms with Crippen LogP contribution < -0.4 is 5.73 Å². The van der Waals surface area contributed by atoms with Crippen LogP contribution in [0.3, 0.4) is 0 Å². The molecule has 1 atom stereocenters. The highest BCUT2D eigenvalue weighted by atomic mass is 32.1. The zero-order valence-electron chi connectivity index (χ0n) is 10.3. The summed E-state index contributed by atoms with van der Waals surface area (Å²) in [6.45, 7) is 0.774. The quantitative estimate of drug-likeness (QED) is 0.919. The van der Waals surface area contributed by atoms with E-state index >= 15 is 0 Å². The smallest absolute Gasteiger partial charge is 0.133 e. The Hall–Kier alpha value is -1.26. The lowest BCUT2D eigenvalue weighted by Gasteiger charge is -2.22. The van der Waals surface area contributed by atoms with Crippen molar-refractivity contribution in [1.29, 1.82) is 0 Å². The number of aryl methyl sites for hydroxylation is 1. The van der Waals surface area contributed by atoms with Crippen molar-refractivity contribution in [1.82, 2.24) is 9.97 Å². The van der Waals surface area contributed by atoms with Gasteiger partial charge in [0.05, 0.1) is 0 Å². The van der Waals surface area contributed by atoms with Crippen molar-refractivity contribution in [2.24, 2.45) is 11.7 Å². The third-order valence-electron chi connectivity index (χ3n) is 3.55. The molecule has 0 aliphatic heterocycles. The third kappa shape index (κ3) is 2.44. The number of hydrogen-bond acceptors (Lipinski definition) is 4. The Labute approximate surface area is 111 Å². The average molecular weight is 259 g/mol. The summed E-state index contributed by atoms with van der Waals surface area (Å²) in [4.78, 5) is 10.5. The van der Waals surface area contributed by atoms with E-state index in [2.05, 4.69) is 22.5 Å². The van der Waals surface area contributed by atoms with Gasteiger partial charge >= 0.3 is 0 Å². The van der Waals surface area contributed by atoms with Crippen molar-refractivity contribution in [3.8, 4) is 0 Å². The van der Waals surface area contributed by atoms with Gasteiger partial charge in [-0.2, -0.15) is 0 Å². The fourth-order valence-electron chi connectivity index (χ4n) is 2.48. The van der Waals surface area contributed by atoms with Gasteiger partial charge in [-0.15, -0.1) is 11.3 Å². The molecule has 0 fully saturated rings. The van der Waals surface area contributed by atoms with Crippen LogP contribution in [0.2, 0.25) is 0 Å². The molecule has 2 N–H and O–H groups in total. The second kappa shape index (κ2) is 5.16. The van der Waals surface area contributed by atoms with Crippen LogP contribution >= 0.6 is 11.3 Å². The third-order valence-corrected chi connectivity index (χ3v) is 4.42. The molecule has 0 radical (unpaired) electrons. The molecule has 2 heterocycles. The summed E-state index contributed by atoms with van der Waals surface area (Å²) >= 11 is 1.76. The second-order valence-corrected chi connectivity index (χ2v) is 5.89. The highest BCUT2D eigenvalue weighted by molar-refractivity contribution is 7.09. The summed E-state index contributed by atoms with van der Waals surface area (Å²) in [5.41, 5.74) is 8.28. The normalized spacial score (nSPS) is 18.6. The standard InChI is InChI=1S/C14H17N3S/c15-8-10-3-4-13-11(6-10)9-16-14(17-13)7-12-2-1-5-18-12/h1-2,5,9-10H,3-4,6-8,15H2. The predicted octanol–water partition coefficient (Wildman–Crippen LogP) is 2.19. The number of nitrogens with two attached hydrogens (primary N) is 1. The lowest BCUT2D eigenvalue weighted by atomic mass is 9.87. The number of aromatic nitrogens is 2. The highest BCUT2D eigenvalue weighted by Crippen LogP contribution is 2.23. The molecule has 1 aliphatic carbocycles. The Morgan fingerprint density at radius 1 is 1.44 bits per heavy atom. The van der Waals surface area contributed by atoms with Gasteiger partial charge in [0.15, 0.2) is 0 Å². The topological polar surface area (TPSA) is 51.8 Å². The minimum absolute atomic E-state index is 0.615. The van der Waals surface area contributed by atoms with E-state index in [0.29, 0.717) is 5.92 Å². The van der Waals surface area contributed by atoms with E-state index in [1.165, 1.54) is 22.6 Å². The summed E-state index contributed by atoms with van der Waals surface area (Å²) in [6, 6.07) is 4.21. The first-order chi connectivity index (χ1) is 8.85. The van der Waals surface area contributed by atoms with Gasteiger partial charge < -0.3 is 5.73 Å². The van der Waals surface area contributed by atoms with E-state index in [4.69, 9.17) is 10.7 Å². The first kappa shape index (κ1) is 11.8. The average Bonchev–Trinajstić information content (AvgIpc) is 2.91. The molecule has 3 rings (SSSR count). The molecule has 0 saturated carbocycles. The molecule has 1 aliphatic rings. The first-order valence-corrected chi connectivity index (χ1v) is 7.29. The summed E-state index contributed by atoms with van der Waals surface area (Å²) in [7, 11) is 0. The van der Waals surface area contributed by atoms with Gasteiger partial charge in [-0.25, -0.2) is 9.97 Å². The van der Waals surface area contributed by atoms with Crippen LogP contribution in [0.25, 0.3) is 0 Å². The maximum atomic E-state index is 5.74. The van der Waals surface area contributed by atoms with Crippen molar-refractivity contribution in [3.63, 3.8) is 0 Å². The number of fused-ring (bicyclic) bond motifs is 1. The van der Waals surface area contributed by atoms with Crippen molar-refractivity contribution < 1.29 is 0 Å². The molecule has 0 spiro atoms. The highest BCUT2D eigenvalue weighted by Gasteiger charge is 2.19. The molecule has 0 saturated heterocycles. The Morgan fingerprint density at radius 2 is 2.39 bits per heavy atom. The van der Waals surface area contributed by atoms with Gasteiger partial charge in [0.1, 0.15) is 5.82 Å². The van der Waals surface area contributed by atoms with Crippen LogP contribution in [0.4, 0.5) is 0 Å². The maximum Gasteiger partial charge on any atom is 0.133 e. The van der Waals surface area contributed by atoms with Gasteiger partial charge in [-0.1, -0.05) is 6.07 Å². The fraction of sp³-hybridized carbons (Fsp3) is 0.429. The first-order valence-electron chi connectivity index (χ1n) is 6.41. The molecule has 94 valence electrons. The molecule has 4 heteroatoms. The Balaban J connectivity index is 1.79. The van der Waals surface area contributed by atoms with E-state index in [0.717, 1.165) is 31.6 Å². The molecule has 2 aromatic heterocycles. The van der Waals surface area contributed by atoms with Crippen LogP contribution in [-0.2, 0) is 19.3 Å². The van der Waals surface area contributed by atoms with Crippen LogP contribution in [0.1, 0.15) is 28.4 Å². The molecule has 0 bridgehead atoms. The van der Waals surface area contributed by atoms with Crippen molar-refractivity contribution >= 4 is 11.3 Å². The minimum atomic E-state index is 0.615. The molecule has 18 heavy (non-hydrogen) atoms. The fourth-order valence-corrected chi connectivity index (χ4v) is 3.18. The van der Waals surface area contributed by atoms with Crippen molar-refractivity contribution in [2.45, 2.75) is 25.7 Å². The molecule has 3 nitrogen and oxygen atoms in total. The molecule has 0 aromatic carbocycles. The van der Waals surface area contributed by atoms with Gasteiger partial charge in [-0.05, 0) is 48.7 Å². The van der Waals surface area contributed by atoms with E-state index < -0.39 is 0 Å². The summed E-state index contributed by atoms with van der Waals surface area (Å²) in [5.74, 6) is 1.56. The minimum Gasteiger partial charge on any atom is -0.330 e. The van der Waals surface area contributed by atoms with E-state index in [1.54, 1.807) is 11.3 Å². The number of nitrogens with zero attached hydrogens (tertiary/aromatic N) is 2. The zero-order valence-corrected chi connectivity index (χ0v) is 11.1. The van der Waals surface area contributed by atoms with Crippen LogP contribution in [0.15, 0.2) is 23.7 Å². The summed E-state index contributed by atoms with van der Waals surface area (Å²) in [6.07, 6.45) is 6.12.